The number of hydrogen-bond acceptors (Lipinski definition) is 4. The molecule has 3 aromatic rings. The van der Waals surface area contributed by atoms with Crippen LogP contribution in [0.3, 0.4) is 0 Å². The predicted molar refractivity (Wildman–Crippen MR) is 89.5 cm³/mol. The summed E-state index contributed by atoms with van der Waals surface area (Å²) in [5.74, 6) is -1.91. The van der Waals surface area contributed by atoms with Gasteiger partial charge in [-0.3, -0.25) is 4.98 Å². The highest BCUT2D eigenvalue weighted by Gasteiger charge is 2.25. The van der Waals surface area contributed by atoms with Crippen LogP contribution < -0.4 is 10.6 Å². The first-order chi connectivity index (χ1) is 11.6. The van der Waals surface area contributed by atoms with Crippen molar-refractivity contribution in [2.75, 3.05) is 11.4 Å². The molecule has 8 heteroatoms. The number of anilines is 2. The van der Waals surface area contributed by atoms with E-state index in [2.05, 4.69) is 30.9 Å². The fourth-order valence-corrected chi connectivity index (χ4v) is 3.57. The molecule has 0 aliphatic carbocycles. The Hall–Kier alpha value is -2.35. The molecule has 1 N–H and O–H groups in total. The van der Waals surface area contributed by atoms with Crippen molar-refractivity contribution in [3.63, 3.8) is 0 Å². The molecule has 122 valence electrons. The highest BCUT2D eigenvalue weighted by Crippen LogP contribution is 2.38. The molecule has 1 aromatic carbocycles. The second kappa shape index (κ2) is 5.62. The fraction of sp³-hybridized carbons (Fsp3) is 0.188. The number of nitrogens with zero attached hydrogens (tertiary/aromatic N) is 3. The first kappa shape index (κ1) is 15.2. The van der Waals surface area contributed by atoms with Crippen molar-refractivity contribution in [1.29, 1.82) is 0 Å². The average molecular weight is 393 g/mol. The zero-order chi connectivity index (χ0) is 16.8. The van der Waals surface area contributed by atoms with Crippen LogP contribution in [0.1, 0.15) is 12.0 Å². The molecule has 0 saturated heterocycles. The third-order valence-electron chi connectivity index (χ3n) is 4.10. The number of H-pyrrole nitrogens is 1. The van der Waals surface area contributed by atoms with Crippen molar-refractivity contribution in [1.82, 2.24) is 15.0 Å². The third kappa shape index (κ3) is 2.29. The number of benzene rings is 1. The molecule has 24 heavy (non-hydrogen) atoms. The van der Waals surface area contributed by atoms with Gasteiger partial charge in [-0.1, -0.05) is 0 Å². The molecule has 0 unspecified atom stereocenters. The molecule has 4 rings (SSSR count). The predicted octanol–water partition coefficient (Wildman–Crippen LogP) is 3.44. The Kier molecular flexibility index (Phi) is 3.56. The summed E-state index contributed by atoms with van der Waals surface area (Å²) in [6.45, 7) is 0.534. The molecule has 0 atom stereocenters. The van der Waals surface area contributed by atoms with E-state index in [1.807, 2.05) is 0 Å². The minimum Gasteiger partial charge on any atom is -0.324 e. The first-order valence-electron chi connectivity index (χ1n) is 7.34. The molecule has 0 radical (unpaired) electrons. The number of nitrogens with one attached hydrogen (secondary N) is 1. The van der Waals surface area contributed by atoms with Crippen LogP contribution in [0.4, 0.5) is 20.3 Å². The van der Waals surface area contributed by atoms with E-state index >= 15 is 0 Å². The summed E-state index contributed by atoms with van der Waals surface area (Å²) >= 11 is 3.46. The molecular formula is C16H11BrF2N4O. The molecule has 1 aliphatic heterocycles. The first-order valence-corrected chi connectivity index (χ1v) is 8.13. The van der Waals surface area contributed by atoms with Gasteiger partial charge in [0, 0.05) is 17.2 Å². The monoisotopic (exact) mass is 392 g/mol. The molecule has 0 saturated carbocycles. The zero-order valence-electron chi connectivity index (χ0n) is 12.3. The lowest BCUT2D eigenvalue weighted by atomic mass is 10.0. The van der Waals surface area contributed by atoms with Crippen LogP contribution in [0.5, 0.6) is 0 Å². The molecule has 2 aromatic heterocycles. The van der Waals surface area contributed by atoms with E-state index in [0.29, 0.717) is 6.54 Å². The van der Waals surface area contributed by atoms with Crippen molar-refractivity contribution < 1.29 is 8.78 Å². The highest BCUT2D eigenvalue weighted by atomic mass is 79.9. The Balaban J connectivity index is 2.04. The van der Waals surface area contributed by atoms with Crippen LogP contribution in [0.2, 0.25) is 0 Å². The van der Waals surface area contributed by atoms with Gasteiger partial charge in [0.1, 0.15) is 0 Å². The third-order valence-corrected chi connectivity index (χ3v) is 4.79. The van der Waals surface area contributed by atoms with Crippen LogP contribution in [-0.4, -0.2) is 21.5 Å². The number of fused-ring (bicyclic) bond motifs is 2. The fourth-order valence-electron chi connectivity index (χ4n) is 3.05. The quantitative estimate of drug-likeness (QED) is 0.688. The molecule has 1 aliphatic rings. The molecule has 0 spiro atoms. The SMILES string of the molecule is O=c1nc(N2CCCc3c(Br)cncc32)c2c(F)c(F)ccc2[nH]1. The van der Waals surface area contributed by atoms with Crippen molar-refractivity contribution in [3.8, 4) is 0 Å². The standard InChI is InChI=1S/C16H11BrF2N4O/c17-9-6-20-7-12-8(9)2-1-5-23(12)15-13-11(21-16(24)22-15)4-3-10(18)14(13)19/h3-4,6-7H,1-2,5H2,(H,21,22,24). The van der Waals surface area contributed by atoms with Crippen molar-refractivity contribution >= 4 is 38.3 Å². The Morgan fingerprint density at radius 1 is 1.25 bits per heavy atom. The Morgan fingerprint density at radius 3 is 2.92 bits per heavy atom. The molecule has 5 nitrogen and oxygen atoms in total. The molecule has 0 bridgehead atoms. The van der Waals surface area contributed by atoms with E-state index in [0.717, 1.165) is 34.6 Å². The van der Waals surface area contributed by atoms with Gasteiger partial charge in [-0.05, 0) is 46.5 Å². The summed E-state index contributed by atoms with van der Waals surface area (Å²) in [6, 6.07) is 2.32. The largest absolute Gasteiger partial charge is 0.347 e. The van der Waals surface area contributed by atoms with E-state index in [9.17, 15) is 13.6 Å². The van der Waals surface area contributed by atoms with Crippen LogP contribution in [0, 0.1) is 11.6 Å². The lowest BCUT2D eigenvalue weighted by Gasteiger charge is -2.31. The number of pyridine rings is 1. The minimum atomic E-state index is -1.03. The van der Waals surface area contributed by atoms with Gasteiger partial charge in [0.05, 0.1) is 22.8 Å². The van der Waals surface area contributed by atoms with Gasteiger partial charge < -0.3 is 9.88 Å². The maximum atomic E-state index is 14.4. The lowest BCUT2D eigenvalue weighted by molar-refractivity contribution is 0.516. The maximum Gasteiger partial charge on any atom is 0.347 e. The van der Waals surface area contributed by atoms with Crippen molar-refractivity contribution in [3.05, 3.63) is 56.7 Å². The Labute approximate surface area is 143 Å². The second-order valence-electron chi connectivity index (χ2n) is 5.52. The van der Waals surface area contributed by atoms with Gasteiger partial charge in [-0.2, -0.15) is 4.98 Å². The van der Waals surface area contributed by atoms with Gasteiger partial charge in [0.25, 0.3) is 0 Å². The summed E-state index contributed by atoms with van der Waals surface area (Å²) < 4.78 is 29.0. The zero-order valence-corrected chi connectivity index (χ0v) is 13.9. The van der Waals surface area contributed by atoms with E-state index in [-0.39, 0.29) is 16.7 Å². The average Bonchev–Trinajstić information content (AvgIpc) is 2.57. The molecular weight excluding hydrogens is 382 g/mol. The lowest BCUT2D eigenvalue weighted by Crippen LogP contribution is -2.28. The van der Waals surface area contributed by atoms with Crippen molar-refractivity contribution in [2.24, 2.45) is 0 Å². The van der Waals surface area contributed by atoms with E-state index in [4.69, 9.17) is 0 Å². The summed E-state index contributed by atoms with van der Waals surface area (Å²) in [4.78, 5) is 24.1. The van der Waals surface area contributed by atoms with Crippen LogP contribution in [0.25, 0.3) is 10.9 Å². The number of hydrogen-bond donors (Lipinski definition) is 1. The highest BCUT2D eigenvalue weighted by molar-refractivity contribution is 9.10. The van der Waals surface area contributed by atoms with Crippen LogP contribution in [-0.2, 0) is 6.42 Å². The van der Waals surface area contributed by atoms with Crippen LogP contribution in [0.15, 0.2) is 33.8 Å². The topological polar surface area (TPSA) is 61.9 Å². The molecule has 3 heterocycles. The summed E-state index contributed by atoms with van der Waals surface area (Å²) in [7, 11) is 0. The number of halogens is 3. The number of aromatic amines is 1. The van der Waals surface area contributed by atoms with E-state index < -0.39 is 17.3 Å². The summed E-state index contributed by atoms with van der Waals surface area (Å²) in [5.41, 5.74) is 1.33. The summed E-state index contributed by atoms with van der Waals surface area (Å²) in [5, 5.41) is -0.0394. The minimum absolute atomic E-state index is 0.0394. The van der Waals surface area contributed by atoms with Gasteiger partial charge >= 0.3 is 5.69 Å². The maximum absolute atomic E-state index is 14.4. The number of rotatable bonds is 1. The van der Waals surface area contributed by atoms with Gasteiger partial charge in [-0.15, -0.1) is 0 Å². The van der Waals surface area contributed by atoms with E-state index in [1.165, 1.54) is 6.07 Å². The normalized spacial score (nSPS) is 14.0. The van der Waals surface area contributed by atoms with Crippen LogP contribution >= 0.6 is 15.9 Å². The van der Waals surface area contributed by atoms with Gasteiger partial charge in [0.15, 0.2) is 17.5 Å². The molecule has 0 fully saturated rings. The smallest absolute Gasteiger partial charge is 0.324 e. The Morgan fingerprint density at radius 2 is 2.08 bits per heavy atom. The van der Waals surface area contributed by atoms with E-state index in [1.54, 1.807) is 17.3 Å². The number of aromatic nitrogens is 3. The molecule has 0 amide bonds. The van der Waals surface area contributed by atoms with Gasteiger partial charge in [0.2, 0.25) is 0 Å². The van der Waals surface area contributed by atoms with Gasteiger partial charge in [-0.25, -0.2) is 13.6 Å². The second-order valence-corrected chi connectivity index (χ2v) is 6.38. The summed E-state index contributed by atoms with van der Waals surface area (Å²) in [6.07, 6.45) is 4.95. The van der Waals surface area contributed by atoms with Crippen molar-refractivity contribution in [2.45, 2.75) is 12.8 Å². The Bertz CT molecular complexity index is 1020.